The molecule has 1 amide bonds. The first-order chi connectivity index (χ1) is 9.20. The van der Waals surface area contributed by atoms with E-state index in [-0.39, 0.29) is 16.8 Å². The first-order valence-electron chi connectivity index (χ1n) is 5.93. The zero-order valence-electron chi connectivity index (χ0n) is 11.6. The first-order valence-corrected chi connectivity index (χ1v) is 8.16. The highest BCUT2D eigenvalue weighted by Crippen LogP contribution is 2.25. The molecule has 1 rings (SSSR count). The Morgan fingerprint density at radius 2 is 2.05 bits per heavy atom. The van der Waals surface area contributed by atoms with Gasteiger partial charge in [0.2, 0.25) is 10.0 Å². The highest BCUT2D eigenvalue weighted by Gasteiger charge is 2.21. The fourth-order valence-electron chi connectivity index (χ4n) is 1.41. The summed E-state index contributed by atoms with van der Waals surface area (Å²) in [7, 11) is -0.644. The van der Waals surface area contributed by atoms with Crippen molar-refractivity contribution in [2.24, 2.45) is 5.73 Å². The summed E-state index contributed by atoms with van der Waals surface area (Å²) in [6.07, 6.45) is 0. The van der Waals surface area contributed by atoms with Gasteiger partial charge in [0, 0.05) is 36.7 Å². The van der Waals surface area contributed by atoms with Gasteiger partial charge < -0.3 is 11.1 Å². The van der Waals surface area contributed by atoms with Gasteiger partial charge in [0.1, 0.15) is 0 Å². The van der Waals surface area contributed by atoms with Crippen LogP contribution in [0.3, 0.4) is 0 Å². The van der Waals surface area contributed by atoms with Crippen LogP contribution in [-0.4, -0.2) is 45.3 Å². The number of halogens is 1. The van der Waals surface area contributed by atoms with Gasteiger partial charge in [-0.15, -0.1) is 0 Å². The van der Waals surface area contributed by atoms with Gasteiger partial charge in [-0.3, -0.25) is 4.79 Å². The molecule has 1 aromatic rings. The average molecular weight is 364 g/mol. The molecule has 112 valence electrons. The minimum atomic E-state index is -3.54. The predicted molar refractivity (Wildman–Crippen MR) is 81.0 cm³/mol. The van der Waals surface area contributed by atoms with Gasteiger partial charge in [-0.2, -0.15) is 0 Å². The molecule has 20 heavy (non-hydrogen) atoms. The maximum Gasteiger partial charge on any atom is 0.251 e. The Morgan fingerprint density at radius 3 is 2.50 bits per heavy atom. The van der Waals surface area contributed by atoms with Crippen molar-refractivity contribution >= 4 is 31.9 Å². The Balaban J connectivity index is 3.09. The van der Waals surface area contributed by atoms with Crippen molar-refractivity contribution in [2.75, 3.05) is 20.6 Å². The minimum absolute atomic E-state index is 0.117. The van der Waals surface area contributed by atoms with Crippen LogP contribution in [0.2, 0.25) is 0 Å². The van der Waals surface area contributed by atoms with Crippen LogP contribution < -0.4 is 11.1 Å². The summed E-state index contributed by atoms with van der Waals surface area (Å²) in [4.78, 5) is 12.0. The van der Waals surface area contributed by atoms with Crippen molar-refractivity contribution in [3.63, 3.8) is 0 Å². The first kappa shape index (κ1) is 17.1. The van der Waals surface area contributed by atoms with Gasteiger partial charge in [0.15, 0.2) is 0 Å². The average Bonchev–Trinajstić information content (AvgIpc) is 2.37. The molecule has 0 bridgehead atoms. The van der Waals surface area contributed by atoms with E-state index >= 15 is 0 Å². The summed E-state index contributed by atoms with van der Waals surface area (Å²) in [6.45, 7) is 2.12. The molecule has 0 unspecified atom stereocenters. The number of nitrogens with one attached hydrogen (secondary N) is 1. The molecule has 1 aromatic carbocycles. The SMILES string of the molecule is C[C@@H](CN)NC(=O)c1ccc(S(=O)(=O)N(C)C)c(Br)c1. The summed E-state index contributed by atoms with van der Waals surface area (Å²) in [5.74, 6) is -0.294. The van der Waals surface area contributed by atoms with E-state index in [4.69, 9.17) is 5.73 Å². The Morgan fingerprint density at radius 1 is 1.45 bits per heavy atom. The molecule has 1 atom stereocenters. The van der Waals surface area contributed by atoms with E-state index in [1.165, 1.54) is 32.3 Å². The van der Waals surface area contributed by atoms with E-state index in [0.29, 0.717) is 16.6 Å². The Bertz CT molecular complexity index is 602. The van der Waals surface area contributed by atoms with E-state index in [1.54, 1.807) is 6.92 Å². The third-order valence-electron chi connectivity index (χ3n) is 2.68. The third kappa shape index (κ3) is 3.78. The summed E-state index contributed by atoms with van der Waals surface area (Å²) < 4.78 is 25.5. The second kappa shape index (κ2) is 6.66. The molecule has 0 aliphatic rings. The number of nitrogens with two attached hydrogens (primary N) is 1. The molecule has 0 heterocycles. The van der Waals surface area contributed by atoms with Crippen molar-refractivity contribution in [1.29, 1.82) is 0 Å². The van der Waals surface area contributed by atoms with E-state index < -0.39 is 10.0 Å². The molecule has 0 aliphatic heterocycles. The molecule has 0 aliphatic carbocycles. The lowest BCUT2D eigenvalue weighted by Crippen LogP contribution is -2.37. The summed E-state index contributed by atoms with van der Waals surface area (Å²) in [5, 5.41) is 2.71. The van der Waals surface area contributed by atoms with Gasteiger partial charge in [-0.05, 0) is 41.1 Å². The molecule has 0 aromatic heterocycles. The minimum Gasteiger partial charge on any atom is -0.348 e. The summed E-state index contributed by atoms with van der Waals surface area (Å²) in [6, 6.07) is 4.21. The molecule has 0 saturated heterocycles. The van der Waals surface area contributed by atoms with E-state index in [1.807, 2.05) is 0 Å². The fourth-order valence-corrected chi connectivity index (χ4v) is 3.35. The largest absolute Gasteiger partial charge is 0.348 e. The highest BCUT2D eigenvalue weighted by atomic mass is 79.9. The van der Waals surface area contributed by atoms with Crippen molar-refractivity contribution < 1.29 is 13.2 Å². The lowest BCUT2D eigenvalue weighted by molar-refractivity contribution is 0.0941. The van der Waals surface area contributed by atoms with Crippen molar-refractivity contribution in [3.8, 4) is 0 Å². The topological polar surface area (TPSA) is 92.5 Å². The molecule has 8 heteroatoms. The quantitative estimate of drug-likeness (QED) is 0.808. The number of amides is 1. The van der Waals surface area contributed by atoms with Crippen LogP contribution in [0.4, 0.5) is 0 Å². The molecule has 0 fully saturated rings. The molecule has 0 radical (unpaired) electrons. The maximum absolute atomic E-state index is 12.0. The fraction of sp³-hybridized carbons (Fsp3) is 0.417. The Labute approximate surface area is 127 Å². The molecule has 0 spiro atoms. The molecule has 3 N–H and O–H groups in total. The van der Waals surface area contributed by atoms with Gasteiger partial charge in [-0.1, -0.05) is 0 Å². The van der Waals surface area contributed by atoms with Gasteiger partial charge in [-0.25, -0.2) is 12.7 Å². The van der Waals surface area contributed by atoms with Crippen molar-refractivity contribution in [3.05, 3.63) is 28.2 Å². The second-order valence-corrected chi connectivity index (χ2v) is 7.52. The third-order valence-corrected chi connectivity index (χ3v) is 5.48. The van der Waals surface area contributed by atoms with Crippen LogP contribution in [0.25, 0.3) is 0 Å². The number of rotatable bonds is 5. The molecule has 6 nitrogen and oxygen atoms in total. The molecular formula is C12H18BrN3O3S. The summed E-state index contributed by atoms with van der Waals surface area (Å²) >= 11 is 3.19. The standard InChI is InChI=1S/C12H18BrN3O3S/c1-8(7-14)15-12(17)9-4-5-11(10(13)6-9)20(18,19)16(2)3/h4-6,8H,7,14H2,1-3H3,(H,15,17)/t8-/m0/s1. The number of sulfonamides is 1. The summed E-state index contributed by atoms with van der Waals surface area (Å²) in [5.41, 5.74) is 5.80. The predicted octanol–water partition coefficient (Wildman–Crippen LogP) is 0.776. The number of nitrogens with zero attached hydrogens (tertiary/aromatic N) is 1. The molecular weight excluding hydrogens is 346 g/mol. The van der Waals surface area contributed by atoms with Crippen LogP contribution in [0.1, 0.15) is 17.3 Å². The lowest BCUT2D eigenvalue weighted by Gasteiger charge is -2.14. The Kier molecular flexibility index (Phi) is 5.69. The number of carbonyl (C=O) groups is 1. The monoisotopic (exact) mass is 363 g/mol. The van der Waals surface area contributed by atoms with Crippen LogP contribution in [-0.2, 0) is 10.0 Å². The highest BCUT2D eigenvalue weighted by molar-refractivity contribution is 9.10. The zero-order chi connectivity index (χ0) is 15.5. The normalized spacial score (nSPS) is 13.3. The van der Waals surface area contributed by atoms with Crippen LogP contribution in [0.15, 0.2) is 27.6 Å². The van der Waals surface area contributed by atoms with Crippen LogP contribution >= 0.6 is 15.9 Å². The Hall–Kier alpha value is -0.960. The van der Waals surface area contributed by atoms with Crippen LogP contribution in [0, 0.1) is 0 Å². The van der Waals surface area contributed by atoms with Crippen molar-refractivity contribution in [2.45, 2.75) is 17.9 Å². The zero-order valence-corrected chi connectivity index (χ0v) is 14.0. The maximum atomic E-state index is 12.0. The van der Waals surface area contributed by atoms with Gasteiger partial charge in [0.25, 0.3) is 5.91 Å². The smallest absolute Gasteiger partial charge is 0.251 e. The number of carbonyl (C=O) groups excluding carboxylic acids is 1. The van der Waals surface area contributed by atoms with Gasteiger partial charge >= 0.3 is 0 Å². The lowest BCUT2D eigenvalue weighted by atomic mass is 10.2. The van der Waals surface area contributed by atoms with Gasteiger partial charge in [0.05, 0.1) is 4.90 Å². The molecule has 0 saturated carbocycles. The number of hydrogen-bond acceptors (Lipinski definition) is 4. The number of benzene rings is 1. The van der Waals surface area contributed by atoms with E-state index in [0.717, 1.165) is 4.31 Å². The van der Waals surface area contributed by atoms with E-state index in [9.17, 15) is 13.2 Å². The van der Waals surface area contributed by atoms with Crippen LogP contribution in [0.5, 0.6) is 0 Å². The van der Waals surface area contributed by atoms with Crippen molar-refractivity contribution in [1.82, 2.24) is 9.62 Å². The second-order valence-electron chi connectivity index (χ2n) is 4.54. The number of hydrogen-bond donors (Lipinski definition) is 2. The van der Waals surface area contributed by atoms with E-state index in [2.05, 4.69) is 21.2 Å².